The molecule has 0 spiro atoms. The van der Waals surface area contributed by atoms with E-state index in [1.807, 2.05) is 34.6 Å². The molecular weight excluding hydrogens is 210 g/mol. The van der Waals surface area contributed by atoms with E-state index >= 15 is 0 Å². The third kappa shape index (κ3) is 4.81. The molecule has 1 fully saturated rings. The van der Waals surface area contributed by atoms with Gasteiger partial charge in [-0.25, -0.2) is 4.79 Å². The van der Waals surface area contributed by atoms with E-state index in [1.54, 1.807) is 0 Å². The predicted molar refractivity (Wildman–Crippen MR) is 59.1 cm³/mol. The fourth-order valence-electron chi connectivity index (χ4n) is 1.37. The van der Waals surface area contributed by atoms with Crippen LogP contribution in [-0.4, -0.2) is 36.7 Å². The first-order valence-electron chi connectivity index (χ1n) is 5.47. The first-order chi connectivity index (χ1) is 7.18. The van der Waals surface area contributed by atoms with Crippen LogP contribution in [0.5, 0.6) is 0 Å². The van der Waals surface area contributed by atoms with Crippen molar-refractivity contribution >= 4 is 6.09 Å². The van der Waals surface area contributed by atoms with Gasteiger partial charge in [0.1, 0.15) is 11.7 Å². The molecule has 0 aromatic carbocycles. The summed E-state index contributed by atoms with van der Waals surface area (Å²) in [4.78, 5) is 11.3. The monoisotopic (exact) mass is 231 g/mol. The van der Waals surface area contributed by atoms with E-state index in [0.717, 1.165) is 0 Å². The van der Waals surface area contributed by atoms with Gasteiger partial charge in [0.2, 0.25) is 0 Å². The normalized spacial score (nSPS) is 24.2. The molecular formula is C11H21NO4. The maximum atomic E-state index is 11.3. The van der Waals surface area contributed by atoms with Crippen molar-refractivity contribution in [2.24, 2.45) is 0 Å². The quantitative estimate of drug-likeness (QED) is 0.785. The van der Waals surface area contributed by atoms with Crippen LogP contribution < -0.4 is 5.32 Å². The molecule has 1 saturated heterocycles. The molecule has 1 N–H and O–H groups in total. The van der Waals surface area contributed by atoms with Crippen LogP contribution in [0.3, 0.4) is 0 Å². The highest BCUT2D eigenvalue weighted by molar-refractivity contribution is 5.67. The second-order valence-corrected chi connectivity index (χ2v) is 5.33. The van der Waals surface area contributed by atoms with E-state index in [2.05, 4.69) is 5.32 Å². The highest BCUT2D eigenvalue weighted by atomic mass is 16.7. The predicted octanol–water partition coefficient (Wildman–Crippen LogP) is 1.66. The van der Waals surface area contributed by atoms with E-state index in [9.17, 15) is 4.79 Å². The lowest BCUT2D eigenvalue weighted by molar-refractivity contribution is -0.137. The van der Waals surface area contributed by atoms with Gasteiger partial charge >= 0.3 is 6.09 Å². The standard InChI is InChI=1S/C11H21NO4/c1-10(2,3)16-9(13)12-6-8-7-14-11(4,5)15-8/h8H,6-7H2,1-5H3,(H,12,13). The number of hydrogen-bond donors (Lipinski definition) is 1. The molecule has 0 saturated carbocycles. The van der Waals surface area contributed by atoms with Crippen molar-refractivity contribution < 1.29 is 19.0 Å². The highest BCUT2D eigenvalue weighted by Crippen LogP contribution is 2.21. The summed E-state index contributed by atoms with van der Waals surface area (Å²) in [5.74, 6) is -0.555. The van der Waals surface area contributed by atoms with Gasteiger partial charge in [0.05, 0.1) is 6.61 Å². The molecule has 0 aliphatic carbocycles. The van der Waals surface area contributed by atoms with Gasteiger partial charge in [0, 0.05) is 6.54 Å². The summed E-state index contributed by atoms with van der Waals surface area (Å²) in [5.41, 5.74) is -0.476. The van der Waals surface area contributed by atoms with Crippen LogP contribution in [0.2, 0.25) is 0 Å². The van der Waals surface area contributed by atoms with E-state index in [0.29, 0.717) is 13.2 Å². The molecule has 94 valence electrons. The lowest BCUT2D eigenvalue weighted by atomic mass is 10.2. The van der Waals surface area contributed by atoms with Crippen molar-refractivity contribution in [3.05, 3.63) is 0 Å². The van der Waals surface area contributed by atoms with Crippen LogP contribution in [0.15, 0.2) is 0 Å². The van der Waals surface area contributed by atoms with Crippen molar-refractivity contribution in [2.45, 2.75) is 52.1 Å². The number of hydrogen-bond acceptors (Lipinski definition) is 4. The SMILES string of the molecule is CC(C)(C)OC(=O)NCC1COC(C)(C)O1. The number of carbonyl (C=O) groups is 1. The van der Waals surface area contributed by atoms with Crippen LogP contribution in [0.25, 0.3) is 0 Å². The summed E-state index contributed by atoms with van der Waals surface area (Å²) in [7, 11) is 0. The number of rotatable bonds is 2. The van der Waals surface area contributed by atoms with Gasteiger partial charge in [-0.05, 0) is 34.6 Å². The zero-order chi connectivity index (χ0) is 12.4. The van der Waals surface area contributed by atoms with Gasteiger partial charge in [0.25, 0.3) is 0 Å². The minimum atomic E-state index is -0.555. The van der Waals surface area contributed by atoms with Crippen molar-refractivity contribution in [1.29, 1.82) is 0 Å². The number of amides is 1. The molecule has 1 unspecified atom stereocenters. The summed E-state index contributed by atoms with van der Waals surface area (Å²) in [6.07, 6.45) is -0.539. The summed E-state index contributed by atoms with van der Waals surface area (Å²) >= 11 is 0. The molecule has 1 aliphatic heterocycles. The van der Waals surface area contributed by atoms with Crippen LogP contribution in [0, 0.1) is 0 Å². The second-order valence-electron chi connectivity index (χ2n) is 5.33. The Morgan fingerprint density at radius 2 is 2.12 bits per heavy atom. The Bertz CT molecular complexity index is 257. The number of alkyl carbamates (subject to hydrolysis) is 1. The summed E-state index contributed by atoms with van der Waals surface area (Å²) in [6, 6.07) is 0. The zero-order valence-electron chi connectivity index (χ0n) is 10.6. The largest absolute Gasteiger partial charge is 0.444 e. The minimum absolute atomic E-state index is 0.109. The third-order valence-electron chi connectivity index (χ3n) is 1.94. The van der Waals surface area contributed by atoms with Crippen molar-refractivity contribution in [1.82, 2.24) is 5.32 Å². The number of nitrogens with one attached hydrogen (secondary N) is 1. The fourth-order valence-corrected chi connectivity index (χ4v) is 1.37. The number of carbonyl (C=O) groups excluding carboxylic acids is 1. The maximum absolute atomic E-state index is 11.3. The topological polar surface area (TPSA) is 56.8 Å². The molecule has 0 aromatic rings. The van der Waals surface area contributed by atoms with Gasteiger partial charge in [-0.2, -0.15) is 0 Å². The Morgan fingerprint density at radius 3 is 2.56 bits per heavy atom. The van der Waals surface area contributed by atoms with Gasteiger partial charge in [-0.1, -0.05) is 0 Å². The smallest absolute Gasteiger partial charge is 0.407 e. The van der Waals surface area contributed by atoms with E-state index < -0.39 is 17.5 Å². The van der Waals surface area contributed by atoms with Crippen LogP contribution in [-0.2, 0) is 14.2 Å². The Labute approximate surface area is 96.4 Å². The lowest BCUT2D eigenvalue weighted by Gasteiger charge is -2.21. The highest BCUT2D eigenvalue weighted by Gasteiger charge is 2.32. The minimum Gasteiger partial charge on any atom is -0.444 e. The average molecular weight is 231 g/mol. The molecule has 1 rings (SSSR count). The first kappa shape index (κ1) is 13.3. The zero-order valence-corrected chi connectivity index (χ0v) is 10.6. The van der Waals surface area contributed by atoms with Crippen molar-refractivity contribution in [3.63, 3.8) is 0 Å². The molecule has 5 heteroatoms. The molecule has 16 heavy (non-hydrogen) atoms. The van der Waals surface area contributed by atoms with E-state index in [-0.39, 0.29) is 6.10 Å². The Hall–Kier alpha value is -0.810. The Morgan fingerprint density at radius 1 is 1.50 bits per heavy atom. The average Bonchev–Trinajstić information content (AvgIpc) is 2.39. The molecule has 1 aliphatic rings. The lowest BCUT2D eigenvalue weighted by Crippen LogP contribution is -2.38. The van der Waals surface area contributed by atoms with Gasteiger partial charge < -0.3 is 19.5 Å². The number of ether oxygens (including phenoxy) is 3. The van der Waals surface area contributed by atoms with Gasteiger partial charge in [0.15, 0.2) is 5.79 Å². The Kier molecular flexibility index (Phi) is 3.80. The summed E-state index contributed by atoms with van der Waals surface area (Å²) in [6.45, 7) is 10.1. The molecule has 1 heterocycles. The van der Waals surface area contributed by atoms with Crippen LogP contribution in [0.4, 0.5) is 4.79 Å². The van der Waals surface area contributed by atoms with Crippen molar-refractivity contribution in [2.75, 3.05) is 13.2 Å². The summed E-state index contributed by atoms with van der Waals surface area (Å²) in [5, 5.41) is 2.65. The Balaban J connectivity index is 2.23. The second kappa shape index (κ2) is 4.59. The van der Waals surface area contributed by atoms with Crippen molar-refractivity contribution in [3.8, 4) is 0 Å². The third-order valence-corrected chi connectivity index (χ3v) is 1.94. The maximum Gasteiger partial charge on any atom is 0.407 e. The molecule has 1 atom stereocenters. The first-order valence-corrected chi connectivity index (χ1v) is 5.47. The molecule has 1 amide bonds. The fraction of sp³-hybridized carbons (Fsp3) is 0.909. The van der Waals surface area contributed by atoms with Gasteiger partial charge in [-0.3, -0.25) is 0 Å². The van der Waals surface area contributed by atoms with Crippen LogP contribution >= 0.6 is 0 Å². The molecule has 0 radical (unpaired) electrons. The van der Waals surface area contributed by atoms with Crippen LogP contribution in [0.1, 0.15) is 34.6 Å². The summed E-state index contributed by atoms with van der Waals surface area (Å²) < 4.78 is 16.0. The van der Waals surface area contributed by atoms with E-state index in [4.69, 9.17) is 14.2 Å². The molecule has 0 aromatic heterocycles. The molecule has 5 nitrogen and oxygen atoms in total. The van der Waals surface area contributed by atoms with Gasteiger partial charge in [-0.15, -0.1) is 0 Å². The molecule has 0 bridgehead atoms. The van der Waals surface area contributed by atoms with E-state index in [1.165, 1.54) is 0 Å².